The largest absolute Gasteiger partial charge is 0.481 e. The summed E-state index contributed by atoms with van der Waals surface area (Å²) in [7, 11) is 1.73. The Labute approximate surface area is 99.4 Å². The summed E-state index contributed by atoms with van der Waals surface area (Å²) in [6, 6.07) is 1.97. The lowest BCUT2D eigenvalue weighted by Crippen LogP contribution is -2.31. The first-order chi connectivity index (χ1) is 8.09. The van der Waals surface area contributed by atoms with Gasteiger partial charge in [0.25, 0.3) is 0 Å². The van der Waals surface area contributed by atoms with Crippen LogP contribution in [0.1, 0.15) is 12.0 Å². The van der Waals surface area contributed by atoms with Gasteiger partial charge in [-0.2, -0.15) is 0 Å². The minimum Gasteiger partial charge on any atom is -0.481 e. The Balaban J connectivity index is 1.79. The van der Waals surface area contributed by atoms with Crippen LogP contribution in [0.3, 0.4) is 0 Å². The quantitative estimate of drug-likeness (QED) is 0.791. The summed E-state index contributed by atoms with van der Waals surface area (Å²) in [5.74, 6) is -1.67. The number of aliphatic carboxylic acids is 1. The first kappa shape index (κ1) is 11.7. The second kappa shape index (κ2) is 4.61. The van der Waals surface area contributed by atoms with E-state index in [-0.39, 0.29) is 11.8 Å². The highest BCUT2D eigenvalue weighted by Gasteiger charge is 2.49. The lowest BCUT2D eigenvalue weighted by Gasteiger charge is -2.16. The predicted molar refractivity (Wildman–Crippen MR) is 61.4 cm³/mol. The molecule has 2 N–H and O–H groups in total. The third kappa shape index (κ3) is 2.67. The molecular formula is C12H16N2O3. The second-order valence-electron chi connectivity index (χ2n) is 4.52. The van der Waals surface area contributed by atoms with E-state index in [1.165, 1.54) is 0 Å². The molecule has 1 aliphatic carbocycles. The number of H-pyrrole nitrogens is 1. The Morgan fingerprint density at radius 1 is 1.53 bits per heavy atom. The number of rotatable bonds is 5. The van der Waals surface area contributed by atoms with E-state index in [2.05, 4.69) is 4.98 Å². The minimum atomic E-state index is -0.859. The normalized spacial score (nSPS) is 22.2. The number of nitrogens with zero attached hydrogens (tertiary/aromatic N) is 1. The summed E-state index contributed by atoms with van der Waals surface area (Å²) < 4.78 is 0. The van der Waals surface area contributed by atoms with E-state index in [4.69, 9.17) is 5.11 Å². The van der Waals surface area contributed by atoms with Gasteiger partial charge in [0.05, 0.1) is 11.8 Å². The van der Waals surface area contributed by atoms with Crippen LogP contribution in [-0.4, -0.2) is 40.5 Å². The molecule has 2 rings (SSSR count). The van der Waals surface area contributed by atoms with Crippen molar-refractivity contribution in [2.75, 3.05) is 13.6 Å². The monoisotopic (exact) mass is 236 g/mol. The predicted octanol–water partition coefficient (Wildman–Crippen LogP) is 0.736. The number of hydrogen-bond acceptors (Lipinski definition) is 2. The maximum atomic E-state index is 11.8. The SMILES string of the molecule is CN(CCc1cc[nH]c1)C(=O)C1CC1C(=O)O. The lowest BCUT2D eigenvalue weighted by molar-refractivity contribution is -0.141. The highest BCUT2D eigenvalue weighted by molar-refractivity contribution is 5.89. The molecule has 1 aromatic rings. The molecule has 0 radical (unpaired) electrons. The van der Waals surface area contributed by atoms with Crippen LogP contribution in [0.15, 0.2) is 18.5 Å². The van der Waals surface area contributed by atoms with Crippen LogP contribution in [0.25, 0.3) is 0 Å². The number of carboxylic acids is 1. The molecule has 2 atom stereocenters. The van der Waals surface area contributed by atoms with Crippen molar-refractivity contribution in [1.29, 1.82) is 0 Å². The van der Waals surface area contributed by atoms with Gasteiger partial charge in [0, 0.05) is 26.0 Å². The minimum absolute atomic E-state index is 0.0482. The molecule has 1 saturated carbocycles. The van der Waals surface area contributed by atoms with Gasteiger partial charge in [-0.15, -0.1) is 0 Å². The number of carboxylic acid groups (broad SMARTS) is 1. The van der Waals surface area contributed by atoms with E-state index < -0.39 is 11.9 Å². The van der Waals surface area contributed by atoms with E-state index in [9.17, 15) is 9.59 Å². The fourth-order valence-electron chi connectivity index (χ4n) is 1.94. The van der Waals surface area contributed by atoms with E-state index in [0.717, 1.165) is 12.0 Å². The molecule has 0 aliphatic heterocycles. The molecule has 0 bridgehead atoms. The Kier molecular flexibility index (Phi) is 3.17. The zero-order chi connectivity index (χ0) is 12.4. The van der Waals surface area contributed by atoms with Crippen molar-refractivity contribution in [2.24, 2.45) is 11.8 Å². The summed E-state index contributed by atoms with van der Waals surface area (Å²) in [4.78, 5) is 27.1. The van der Waals surface area contributed by atoms with Gasteiger partial charge >= 0.3 is 5.97 Å². The van der Waals surface area contributed by atoms with Gasteiger partial charge < -0.3 is 15.0 Å². The van der Waals surface area contributed by atoms with Crippen molar-refractivity contribution < 1.29 is 14.7 Å². The number of likely N-dealkylation sites (N-methyl/N-ethyl adjacent to an activating group) is 1. The van der Waals surface area contributed by atoms with Crippen LogP contribution in [0.5, 0.6) is 0 Å². The molecular weight excluding hydrogens is 220 g/mol. The zero-order valence-electron chi connectivity index (χ0n) is 9.72. The summed E-state index contributed by atoms with van der Waals surface area (Å²) >= 11 is 0. The van der Waals surface area contributed by atoms with Crippen LogP contribution in [0, 0.1) is 11.8 Å². The lowest BCUT2D eigenvalue weighted by atomic mass is 10.2. The van der Waals surface area contributed by atoms with Crippen molar-refractivity contribution in [3.05, 3.63) is 24.0 Å². The van der Waals surface area contributed by atoms with Crippen LogP contribution in [0.4, 0.5) is 0 Å². The van der Waals surface area contributed by atoms with E-state index in [1.54, 1.807) is 11.9 Å². The standard InChI is InChI=1S/C12H16N2O3/c1-14(5-3-8-2-4-13-7-8)11(15)9-6-10(9)12(16)17/h2,4,7,9-10,13H,3,5-6H2,1H3,(H,16,17). The van der Waals surface area contributed by atoms with Crippen molar-refractivity contribution >= 4 is 11.9 Å². The molecule has 0 spiro atoms. The van der Waals surface area contributed by atoms with Crippen molar-refractivity contribution in [1.82, 2.24) is 9.88 Å². The summed E-state index contributed by atoms with van der Waals surface area (Å²) in [5, 5.41) is 8.76. The maximum Gasteiger partial charge on any atom is 0.307 e. The second-order valence-corrected chi connectivity index (χ2v) is 4.52. The number of aromatic nitrogens is 1. The third-order valence-electron chi connectivity index (χ3n) is 3.20. The van der Waals surface area contributed by atoms with Gasteiger partial charge in [-0.3, -0.25) is 9.59 Å². The van der Waals surface area contributed by atoms with Gasteiger partial charge in [-0.25, -0.2) is 0 Å². The maximum absolute atomic E-state index is 11.8. The molecule has 17 heavy (non-hydrogen) atoms. The molecule has 1 aliphatic rings. The van der Waals surface area contributed by atoms with Gasteiger partial charge in [0.15, 0.2) is 0 Å². The average molecular weight is 236 g/mol. The van der Waals surface area contributed by atoms with Gasteiger partial charge in [0.2, 0.25) is 5.91 Å². The highest BCUT2D eigenvalue weighted by Crippen LogP contribution is 2.39. The van der Waals surface area contributed by atoms with Crippen molar-refractivity contribution in [3.8, 4) is 0 Å². The number of hydrogen-bond donors (Lipinski definition) is 2. The first-order valence-corrected chi connectivity index (χ1v) is 5.69. The first-order valence-electron chi connectivity index (χ1n) is 5.69. The van der Waals surface area contributed by atoms with Gasteiger partial charge in [-0.05, 0) is 24.5 Å². The highest BCUT2D eigenvalue weighted by atomic mass is 16.4. The Hall–Kier alpha value is -1.78. The number of carbonyl (C=O) groups is 2. The fourth-order valence-corrected chi connectivity index (χ4v) is 1.94. The molecule has 5 heteroatoms. The van der Waals surface area contributed by atoms with Gasteiger partial charge in [-0.1, -0.05) is 0 Å². The third-order valence-corrected chi connectivity index (χ3v) is 3.20. The molecule has 0 saturated heterocycles. The van der Waals surface area contributed by atoms with Crippen LogP contribution >= 0.6 is 0 Å². The topological polar surface area (TPSA) is 73.4 Å². The van der Waals surface area contributed by atoms with E-state index in [0.29, 0.717) is 13.0 Å². The number of amides is 1. The molecule has 1 aromatic heterocycles. The molecule has 2 unspecified atom stereocenters. The number of carbonyl (C=O) groups excluding carboxylic acids is 1. The van der Waals surface area contributed by atoms with Crippen LogP contribution < -0.4 is 0 Å². The van der Waals surface area contributed by atoms with Crippen molar-refractivity contribution in [3.63, 3.8) is 0 Å². The molecule has 1 heterocycles. The summed E-state index contributed by atoms with van der Waals surface area (Å²) in [6.07, 6.45) is 5.02. The van der Waals surface area contributed by atoms with Crippen LogP contribution in [0.2, 0.25) is 0 Å². The molecule has 0 aromatic carbocycles. The van der Waals surface area contributed by atoms with Crippen LogP contribution in [-0.2, 0) is 16.0 Å². The summed E-state index contributed by atoms with van der Waals surface area (Å²) in [5.41, 5.74) is 1.15. The summed E-state index contributed by atoms with van der Waals surface area (Å²) in [6.45, 7) is 0.625. The van der Waals surface area contributed by atoms with Crippen molar-refractivity contribution in [2.45, 2.75) is 12.8 Å². The number of nitrogens with one attached hydrogen (secondary N) is 1. The molecule has 5 nitrogen and oxygen atoms in total. The molecule has 92 valence electrons. The smallest absolute Gasteiger partial charge is 0.307 e. The molecule has 1 amide bonds. The van der Waals surface area contributed by atoms with Gasteiger partial charge in [0.1, 0.15) is 0 Å². The Bertz CT molecular complexity index is 413. The Morgan fingerprint density at radius 3 is 2.82 bits per heavy atom. The Morgan fingerprint density at radius 2 is 2.29 bits per heavy atom. The number of aromatic amines is 1. The molecule has 1 fully saturated rings. The zero-order valence-corrected chi connectivity index (χ0v) is 9.72. The average Bonchev–Trinajstić information content (AvgIpc) is 2.94. The van der Waals surface area contributed by atoms with E-state index in [1.807, 2.05) is 18.5 Å². The van der Waals surface area contributed by atoms with E-state index >= 15 is 0 Å². The fraction of sp³-hybridized carbons (Fsp3) is 0.500.